The number of carbonyl (C=O) groups is 5. The normalized spacial score (nSPS) is 17.2. The van der Waals surface area contributed by atoms with Crippen LogP contribution in [0, 0.1) is 6.57 Å². The van der Waals surface area contributed by atoms with Gasteiger partial charge in [-0.2, -0.15) is 0 Å². The van der Waals surface area contributed by atoms with Gasteiger partial charge in [0.15, 0.2) is 17.9 Å². The highest BCUT2D eigenvalue weighted by molar-refractivity contribution is 6.04. The van der Waals surface area contributed by atoms with Gasteiger partial charge in [-0.3, -0.25) is 14.4 Å². The quantitative estimate of drug-likeness (QED) is 0.390. The molecule has 0 unspecified atom stereocenters. The van der Waals surface area contributed by atoms with Gasteiger partial charge in [0.05, 0.1) is 19.7 Å². The van der Waals surface area contributed by atoms with Crippen LogP contribution in [0.5, 0.6) is 0 Å². The second kappa shape index (κ2) is 15.0. The number of ether oxygens (including phenoxy) is 3. The maximum atomic E-state index is 13.4. The Bertz CT molecular complexity index is 1590. The highest BCUT2D eigenvalue weighted by atomic mass is 16.6. The second-order valence-electron chi connectivity index (χ2n) is 13.8. The summed E-state index contributed by atoms with van der Waals surface area (Å²) in [5.41, 5.74) is -0.481. The molecule has 2 aliphatic heterocycles. The summed E-state index contributed by atoms with van der Waals surface area (Å²) in [4.78, 5) is 72.7. The fourth-order valence-corrected chi connectivity index (χ4v) is 5.24. The van der Waals surface area contributed by atoms with Crippen LogP contribution in [0.3, 0.4) is 0 Å². The maximum Gasteiger partial charge on any atom is 0.420 e. The molecule has 2 saturated heterocycles. The van der Waals surface area contributed by atoms with E-state index in [-0.39, 0.29) is 36.0 Å². The van der Waals surface area contributed by atoms with Gasteiger partial charge in [0.2, 0.25) is 0 Å². The number of amides is 5. The van der Waals surface area contributed by atoms with Crippen molar-refractivity contribution >= 4 is 47.0 Å². The summed E-state index contributed by atoms with van der Waals surface area (Å²) in [6.45, 7) is 18.7. The third kappa shape index (κ3) is 9.55. The first kappa shape index (κ1) is 36.8. The topological polar surface area (TPSA) is 159 Å². The molecule has 2 fully saturated rings. The van der Waals surface area contributed by atoms with Crippen LogP contribution < -0.4 is 10.2 Å². The molecule has 2 heterocycles. The van der Waals surface area contributed by atoms with Crippen LogP contribution in [0.15, 0.2) is 42.5 Å². The minimum absolute atomic E-state index is 0.0459. The predicted octanol–water partition coefficient (Wildman–Crippen LogP) is 4.88. The monoisotopic (exact) mass is 677 g/mol. The molecule has 5 amide bonds. The van der Waals surface area contributed by atoms with Gasteiger partial charge in [-0.15, -0.1) is 0 Å². The third-order valence-electron chi connectivity index (χ3n) is 7.52. The largest absolute Gasteiger partial charge is 0.443 e. The molecule has 0 aliphatic carbocycles. The van der Waals surface area contributed by atoms with Crippen molar-refractivity contribution in [3.63, 3.8) is 0 Å². The van der Waals surface area contributed by atoms with Crippen LogP contribution >= 0.6 is 0 Å². The molecule has 2 aromatic carbocycles. The Hall–Kier alpha value is -5.00. The number of aliphatic hydroxyl groups excluding tert-OH is 1. The molecule has 14 nitrogen and oxygen atoms in total. The van der Waals surface area contributed by atoms with Crippen molar-refractivity contribution in [1.29, 1.82) is 0 Å². The lowest BCUT2D eigenvalue weighted by Gasteiger charge is -2.34. The average Bonchev–Trinajstić information content (AvgIpc) is 3.57. The van der Waals surface area contributed by atoms with Gasteiger partial charge >= 0.3 is 12.2 Å². The van der Waals surface area contributed by atoms with Crippen LogP contribution in [-0.4, -0.2) is 94.5 Å². The molecule has 0 radical (unpaired) electrons. The Balaban J connectivity index is 1.48. The number of carbonyl (C=O) groups excluding carboxylic acids is 5. The van der Waals surface area contributed by atoms with E-state index < -0.39 is 54.0 Å². The molecule has 0 bridgehead atoms. The standard InChI is InChI=1S/C35H43N5O9/c1-34(2,3)48-32(45)40(33(46)49-35(4,5)6)21-23-20-24(12-15-26(23)36-7)37-29(42)27(41)28-31(44)39(18-19-47-28)25-13-10-22(11-14-25)30(43)38-16-8-9-17-38/h10-15,20,27-28,41H,8-9,16-19,21H2,1-6H3,(H,37,42)/t27-,28-/m1/s1. The van der Waals surface area contributed by atoms with E-state index in [4.69, 9.17) is 20.8 Å². The molecule has 2 aromatic rings. The number of anilines is 2. The number of imide groups is 1. The Labute approximate surface area is 285 Å². The van der Waals surface area contributed by atoms with Crippen molar-refractivity contribution in [2.45, 2.75) is 84.3 Å². The van der Waals surface area contributed by atoms with E-state index in [0.717, 1.165) is 17.7 Å². The Morgan fingerprint density at radius 2 is 1.57 bits per heavy atom. The smallest absolute Gasteiger partial charge is 0.420 e. The molecule has 4 rings (SSSR count). The summed E-state index contributed by atoms with van der Waals surface area (Å²) in [7, 11) is 0. The van der Waals surface area contributed by atoms with Gasteiger partial charge in [0.1, 0.15) is 11.2 Å². The predicted molar refractivity (Wildman–Crippen MR) is 179 cm³/mol. The van der Waals surface area contributed by atoms with Crippen LogP contribution in [0.2, 0.25) is 0 Å². The summed E-state index contributed by atoms with van der Waals surface area (Å²) in [6, 6.07) is 10.8. The Morgan fingerprint density at radius 3 is 2.12 bits per heavy atom. The van der Waals surface area contributed by atoms with Crippen molar-refractivity contribution in [3.05, 3.63) is 65.0 Å². The number of morpholine rings is 1. The lowest BCUT2D eigenvalue weighted by atomic mass is 10.1. The van der Waals surface area contributed by atoms with Crippen molar-refractivity contribution in [1.82, 2.24) is 9.80 Å². The fourth-order valence-electron chi connectivity index (χ4n) is 5.24. The lowest BCUT2D eigenvalue weighted by molar-refractivity contribution is -0.150. The van der Waals surface area contributed by atoms with Gasteiger partial charge in [-0.05, 0) is 96.3 Å². The maximum absolute atomic E-state index is 13.4. The van der Waals surface area contributed by atoms with Crippen LogP contribution in [0.25, 0.3) is 4.85 Å². The van der Waals surface area contributed by atoms with Crippen LogP contribution in [0.1, 0.15) is 70.3 Å². The highest BCUT2D eigenvalue weighted by Crippen LogP contribution is 2.28. The first-order valence-corrected chi connectivity index (χ1v) is 16.0. The van der Waals surface area contributed by atoms with Crippen molar-refractivity contribution in [3.8, 4) is 0 Å². The zero-order chi connectivity index (χ0) is 36.1. The Morgan fingerprint density at radius 1 is 0.980 bits per heavy atom. The van der Waals surface area contributed by atoms with Gasteiger partial charge in [-0.1, -0.05) is 6.07 Å². The van der Waals surface area contributed by atoms with Gasteiger partial charge in [-0.25, -0.2) is 19.3 Å². The molecule has 0 aromatic heterocycles. The molecular weight excluding hydrogens is 634 g/mol. The molecule has 2 aliphatic rings. The number of nitrogens with zero attached hydrogens (tertiary/aromatic N) is 4. The zero-order valence-corrected chi connectivity index (χ0v) is 28.6. The first-order chi connectivity index (χ1) is 23.0. The van der Waals surface area contributed by atoms with Gasteiger partial charge in [0.25, 0.3) is 17.7 Å². The van der Waals surface area contributed by atoms with E-state index in [1.807, 2.05) is 0 Å². The molecule has 49 heavy (non-hydrogen) atoms. The lowest BCUT2D eigenvalue weighted by Crippen LogP contribution is -2.55. The summed E-state index contributed by atoms with van der Waals surface area (Å²) in [5, 5.41) is 13.5. The Kier molecular flexibility index (Phi) is 11.3. The van der Waals surface area contributed by atoms with E-state index in [9.17, 15) is 29.1 Å². The SMILES string of the molecule is [C-]#[N+]c1ccc(NC(=O)[C@H](O)[C@H]2OCCN(c3ccc(C(=O)N4CCCC4)cc3)C2=O)cc1CN(C(=O)OC(C)(C)C)C(=O)OC(C)(C)C. The number of rotatable bonds is 7. The number of benzene rings is 2. The second-order valence-corrected chi connectivity index (χ2v) is 13.8. The first-order valence-electron chi connectivity index (χ1n) is 16.0. The van der Waals surface area contributed by atoms with E-state index in [2.05, 4.69) is 10.2 Å². The van der Waals surface area contributed by atoms with E-state index in [1.165, 1.54) is 23.1 Å². The van der Waals surface area contributed by atoms with E-state index in [0.29, 0.717) is 24.3 Å². The van der Waals surface area contributed by atoms with Crippen molar-refractivity contribution in [2.75, 3.05) is 36.5 Å². The number of likely N-dealkylation sites (tertiary alicyclic amines) is 1. The number of hydrogen-bond donors (Lipinski definition) is 2. The van der Waals surface area contributed by atoms with Crippen molar-refractivity contribution < 1.29 is 43.3 Å². The summed E-state index contributed by atoms with van der Waals surface area (Å²) in [5.74, 6) is -1.66. The summed E-state index contributed by atoms with van der Waals surface area (Å²) in [6.07, 6.45) is -3.47. The average molecular weight is 678 g/mol. The van der Waals surface area contributed by atoms with E-state index >= 15 is 0 Å². The molecule has 2 atom stereocenters. The number of nitrogens with one attached hydrogen (secondary N) is 1. The summed E-state index contributed by atoms with van der Waals surface area (Å²) >= 11 is 0. The molecule has 14 heteroatoms. The molecular formula is C35H43N5O9. The third-order valence-corrected chi connectivity index (χ3v) is 7.52. The van der Waals surface area contributed by atoms with Crippen molar-refractivity contribution in [2.24, 2.45) is 0 Å². The van der Waals surface area contributed by atoms with Crippen LogP contribution in [0.4, 0.5) is 26.7 Å². The number of aliphatic hydroxyl groups is 1. The van der Waals surface area contributed by atoms with E-state index in [1.54, 1.807) is 70.7 Å². The zero-order valence-electron chi connectivity index (χ0n) is 28.6. The molecule has 0 spiro atoms. The highest BCUT2D eigenvalue weighted by Gasteiger charge is 2.40. The van der Waals surface area contributed by atoms with Crippen LogP contribution in [-0.2, 0) is 30.3 Å². The fraction of sp³-hybridized carbons (Fsp3) is 0.486. The minimum atomic E-state index is -1.91. The van der Waals surface area contributed by atoms with Gasteiger partial charge in [0, 0.05) is 36.6 Å². The molecule has 2 N–H and O–H groups in total. The summed E-state index contributed by atoms with van der Waals surface area (Å²) < 4.78 is 16.3. The number of hydrogen-bond acceptors (Lipinski definition) is 9. The minimum Gasteiger partial charge on any atom is -0.443 e. The van der Waals surface area contributed by atoms with Gasteiger partial charge < -0.3 is 34.4 Å². The molecule has 0 saturated carbocycles. The molecule has 262 valence electrons.